The highest BCUT2D eigenvalue weighted by Crippen LogP contribution is 2.52. The van der Waals surface area contributed by atoms with Gasteiger partial charge in [-0.05, 0) is 37.1 Å². The Morgan fingerprint density at radius 3 is 2.90 bits per heavy atom. The second kappa shape index (κ2) is 9.39. The van der Waals surface area contributed by atoms with Gasteiger partial charge in [-0.25, -0.2) is 4.98 Å². The molecule has 0 saturated carbocycles. The van der Waals surface area contributed by atoms with Gasteiger partial charge < -0.3 is 14.8 Å². The van der Waals surface area contributed by atoms with Gasteiger partial charge in [-0.2, -0.15) is 0 Å². The smallest absolute Gasteiger partial charge is 0.246 e. The molecule has 1 aliphatic heterocycles. The van der Waals surface area contributed by atoms with E-state index in [1.54, 1.807) is 17.4 Å². The lowest BCUT2D eigenvalue weighted by Gasteiger charge is -2.44. The molecule has 6 nitrogen and oxygen atoms in total. The number of rotatable bonds is 8. The van der Waals surface area contributed by atoms with Gasteiger partial charge in [0.2, 0.25) is 5.91 Å². The van der Waals surface area contributed by atoms with Crippen LogP contribution in [0, 0.1) is 0 Å². The second-order valence-electron chi connectivity index (χ2n) is 7.97. The molecule has 7 heteroatoms. The standard InChI is InChI=1S/C23H29N3O3S/c1-3-13-29-22-21(25-19(27)16-28-2)17-6-4-5-7-18(17)23(22)8-11-26(12-9-23)15-20-24-10-14-30-20/h3-7,10,14,21-22H,1,8-9,11-13,15-16H2,2H3,(H,25,27)/t21-,22+/m0/s1. The number of nitrogens with one attached hydrogen (secondary N) is 1. The van der Waals surface area contributed by atoms with E-state index in [1.807, 2.05) is 17.6 Å². The molecule has 2 heterocycles. The van der Waals surface area contributed by atoms with Crippen LogP contribution in [-0.2, 0) is 26.2 Å². The Bertz CT molecular complexity index is 862. The van der Waals surface area contributed by atoms with Crippen LogP contribution in [0.5, 0.6) is 0 Å². The van der Waals surface area contributed by atoms with E-state index in [-0.39, 0.29) is 30.1 Å². The molecule has 1 fully saturated rings. The number of hydrogen-bond acceptors (Lipinski definition) is 6. The van der Waals surface area contributed by atoms with E-state index >= 15 is 0 Å². The summed E-state index contributed by atoms with van der Waals surface area (Å²) >= 11 is 1.70. The number of hydrogen-bond donors (Lipinski definition) is 1. The van der Waals surface area contributed by atoms with E-state index in [0.29, 0.717) is 6.61 Å². The molecule has 2 aromatic rings. The number of aromatic nitrogens is 1. The lowest BCUT2D eigenvalue weighted by atomic mass is 9.72. The summed E-state index contributed by atoms with van der Waals surface area (Å²) in [5.74, 6) is -0.122. The van der Waals surface area contributed by atoms with Crippen molar-refractivity contribution >= 4 is 17.2 Å². The van der Waals surface area contributed by atoms with Crippen LogP contribution >= 0.6 is 11.3 Å². The molecule has 30 heavy (non-hydrogen) atoms. The Labute approximate surface area is 181 Å². The normalized spacial score (nSPS) is 22.7. The highest BCUT2D eigenvalue weighted by atomic mass is 32.1. The number of piperidine rings is 1. The van der Waals surface area contributed by atoms with E-state index in [9.17, 15) is 4.79 Å². The van der Waals surface area contributed by atoms with Crippen LogP contribution in [0.1, 0.15) is 35.0 Å². The van der Waals surface area contributed by atoms with Gasteiger partial charge in [0, 0.05) is 24.1 Å². The Morgan fingerprint density at radius 2 is 2.20 bits per heavy atom. The minimum absolute atomic E-state index is 0.0431. The summed E-state index contributed by atoms with van der Waals surface area (Å²) in [6.07, 6.45) is 5.48. The SMILES string of the molecule is C=CCO[C@@H]1[C@@H](NC(=O)COC)c2ccccc2C12CCN(Cc1nccs1)CC2. The van der Waals surface area contributed by atoms with Crippen LogP contribution in [0.25, 0.3) is 0 Å². The van der Waals surface area contributed by atoms with Crippen molar-refractivity contribution in [3.05, 3.63) is 64.6 Å². The van der Waals surface area contributed by atoms with Gasteiger partial charge in [0.1, 0.15) is 11.6 Å². The Balaban J connectivity index is 1.60. The first-order valence-electron chi connectivity index (χ1n) is 10.4. The molecule has 1 aliphatic carbocycles. The number of ether oxygens (including phenoxy) is 2. The highest BCUT2D eigenvalue weighted by molar-refractivity contribution is 7.09. The number of benzene rings is 1. The first-order chi connectivity index (χ1) is 14.7. The van der Waals surface area contributed by atoms with Gasteiger partial charge >= 0.3 is 0 Å². The molecule has 4 rings (SSSR count). The number of fused-ring (bicyclic) bond motifs is 2. The third-order valence-corrected chi connectivity index (χ3v) is 7.02. The first-order valence-corrected chi connectivity index (χ1v) is 11.3. The molecule has 2 aliphatic rings. The van der Waals surface area contributed by atoms with Gasteiger partial charge in [-0.15, -0.1) is 17.9 Å². The predicted octanol–water partition coefficient (Wildman–Crippen LogP) is 3.07. The number of likely N-dealkylation sites (tertiary alicyclic amines) is 1. The molecule has 1 amide bonds. The van der Waals surface area contributed by atoms with Gasteiger partial charge in [-0.3, -0.25) is 9.69 Å². The largest absolute Gasteiger partial charge is 0.375 e. The van der Waals surface area contributed by atoms with Crippen LogP contribution < -0.4 is 5.32 Å². The zero-order valence-electron chi connectivity index (χ0n) is 17.4. The van der Waals surface area contributed by atoms with Crippen molar-refractivity contribution in [2.24, 2.45) is 0 Å². The Hall–Kier alpha value is -2.06. The predicted molar refractivity (Wildman–Crippen MR) is 117 cm³/mol. The summed E-state index contributed by atoms with van der Waals surface area (Å²) in [6, 6.07) is 8.27. The quantitative estimate of drug-likeness (QED) is 0.656. The number of nitrogens with zero attached hydrogens (tertiary/aromatic N) is 2. The van der Waals surface area contributed by atoms with E-state index in [2.05, 4.69) is 40.0 Å². The summed E-state index contributed by atoms with van der Waals surface area (Å²) in [4.78, 5) is 19.3. The third kappa shape index (κ3) is 4.07. The molecule has 1 aromatic carbocycles. The second-order valence-corrected chi connectivity index (χ2v) is 8.95. The molecule has 2 atom stereocenters. The summed E-state index contributed by atoms with van der Waals surface area (Å²) < 4.78 is 11.4. The third-order valence-electron chi connectivity index (χ3n) is 6.26. The van der Waals surface area contributed by atoms with Crippen molar-refractivity contribution in [2.45, 2.75) is 36.9 Å². The lowest BCUT2D eigenvalue weighted by Crippen LogP contribution is -2.51. The average molecular weight is 428 g/mol. The number of carbonyl (C=O) groups excluding carboxylic acids is 1. The van der Waals surface area contributed by atoms with Crippen LogP contribution in [0.15, 0.2) is 48.5 Å². The van der Waals surface area contributed by atoms with Gasteiger partial charge in [-0.1, -0.05) is 30.3 Å². The lowest BCUT2D eigenvalue weighted by molar-refractivity contribution is -0.127. The topological polar surface area (TPSA) is 63.7 Å². The maximum atomic E-state index is 12.4. The Kier molecular flexibility index (Phi) is 6.63. The zero-order valence-corrected chi connectivity index (χ0v) is 18.2. The minimum atomic E-state index is -0.186. The molecular formula is C23H29N3O3S. The zero-order chi connectivity index (χ0) is 21.0. The Morgan fingerprint density at radius 1 is 1.40 bits per heavy atom. The van der Waals surface area contributed by atoms with Crippen molar-refractivity contribution < 1.29 is 14.3 Å². The molecule has 0 unspecified atom stereocenters. The molecule has 1 N–H and O–H groups in total. The van der Waals surface area contributed by atoms with E-state index in [4.69, 9.17) is 9.47 Å². The molecule has 1 saturated heterocycles. The average Bonchev–Trinajstić information content (AvgIpc) is 3.35. The monoisotopic (exact) mass is 427 g/mol. The maximum Gasteiger partial charge on any atom is 0.246 e. The van der Waals surface area contributed by atoms with Crippen molar-refractivity contribution in [3.8, 4) is 0 Å². The number of methoxy groups -OCH3 is 1. The molecule has 1 aromatic heterocycles. The number of amides is 1. The number of thiazole rings is 1. The molecule has 160 valence electrons. The fraction of sp³-hybridized carbons (Fsp3) is 0.478. The van der Waals surface area contributed by atoms with E-state index in [1.165, 1.54) is 12.7 Å². The summed E-state index contributed by atoms with van der Waals surface area (Å²) in [7, 11) is 1.54. The number of carbonyl (C=O) groups is 1. The molecule has 0 radical (unpaired) electrons. The summed E-state index contributed by atoms with van der Waals surface area (Å²) in [5, 5.41) is 6.35. The van der Waals surface area contributed by atoms with Crippen molar-refractivity contribution in [3.63, 3.8) is 0 Å². The minimum Gasteiger partial charge on any atom is -0.375 e. The van der Waals surface area contributed by atoms with Gasteiger partial charge in [0.15, 0.2) is 0 Å². The van der Waals surface area contributed by atoms with Crippen molar-refractivity contribution in [2.75, 3.05) is 33.4 Å². The fourth-order valence-corrected chi connectivity index (χ4v) is 5.63. The van der Waals surface area contributed by atoms with Gasteiger partial charge in [0.25, 0.3) is 0 Å². The van der Waals surface area contributed by atoms with Crippen molar-refractivity contribution in [1.82, 2.24) is 15.2 Å². The van der Waals surface area contributed by atoms with E-state index in [0.717, 1.165) is 43.0 Å². The summed E-state index contributed by atoms with van der Waals surface area (Å²) in [5.41, 5.74) is 2.34. The van der Waals surface area contributed by atoms with Crippen LogP contribution in [0.3, 0.4) is 0 Å². The molecule has 1 spiro atoms. The highest BCUT2D eigenvalue weighted by Gasteiger charge is 2.54. The maximum absolute atomic E-state index is 12.4. The fourth-order valence-electron chi connectivity index (χ4n) is 4.97. The van der Waals surface area contributed by atoms with E-state index < -0.39 is 0 Å². The molecular weight excluding hydrogens is 398 g/mol. The van der Waals surface area contributed by atoms with Gasteiger partial charge in [0.05, 0.1) is 25.3 Å². The first kappa shape index (κ1) is 21.2. The summed E-state index contributed by atoms with van der Waals surface area (Å²) in [6.45, 7) is 7.16. The van der Waals surface area contributed by atoms with Crippen LogP contribution in [-0.4, -0.2) is 55.3 Å². The van der Waals surface area contributed by atoms with Crippen LogP contribution in [0.2, 0.25) is 0 Å². The molecule has 0 bridgehead atoms. The van der Waals surface area contributed by atoms with Crippen LogP contribution in [0.4, 0.5) is 0 Å². The van der Waals surface area contributed by atoms with Crippen molar-refractivity contribution in [1.29, 1.82) is 0 Å².